The molecule has 0 unspecified atom stereocenters. The fourth-order valence-corrected chi connectivity index (χ4v) is 1.39. The molecule has 0 bridgehead atoms. The molecule has 0 saturated carbocycles. The molecule has 0 fully saturated rings. The van der Waals surface area contributed by atoms with Gasteiger partial charge in [0.05, 0.1) is 6.54 Å². The fraction of sp³-hybridized carbons (Fsp3) is 0.167. The van der Waals surface area contributed by atoms with Gasteiger partial charge in [-0.1, -0.05) is 12.6 Å². The quantitative estimate of drug-likeness (QED) is 0.619. The summed E-state index contributed by atoms with van der Waals surface area (Å²) in [6.07, 6.45) is 3.45. The second-order valence-electron chi connectivity index (χ2n) is 3.35. The maximum atomic E-state index is 4.35. The second kappa shape index (κ2) is 5.16. The Kier molecular flexibility index (Phi) is 3.40. The van der Waals surface area contributed by atoms with Crippen molar-refractivity contribution in [1.82, 2.24) is 10.3 Å². The monoisotopic (exact) mass is 227 g/mol. The number of nitrogens with one attached hydrogen (secondary N) is 1. The molecule has 5 nitrogen and oxygen atoms in total. The maximum absolute atomic E-state index is 4.35. The van der Waals surface area contributed by atoms with Crippen LogP contribution in [0.5, 0.6) is 0 Å². The van der Waals surface area contributed by atoms with Crippen molar-refractivity contribution in [3.63, 3.8) is 0 Å². The van der Waals surface area contributed by atoms with Crippen molar-refractivity contribution in [2.45, 2.75) is 0 Å². The van der Waals surface area contributed by atoms with Gasteiger partial charge < -0.3 is 5.32 Å². The zero-order chi connectivity index (χ0) is 12.1. The van der Waals surface area contributed by atoms with Crippen LogP contribution < -0.4 is 5.32 Å². The van der Waals surface area contributed by atoms with Gasteiger partial charge in [0.1, 0.15) is 11.4 Å². The summed E-state index contributed by atoms with van der Waals surface area (Å²) in [4.78, 5) is 16.8. The van der Waals surface area contributed by atoms with Crippen LogP contribution in [0.4, 0.5) is 0 Å². The zero-order valence-electron chi connectivity index (χ0n) is 9.59. The van der Waals surface area contributed by atoms with E-state index < -0.39 is 0 Å². The van der Waals surface area contributed by atoms with E-state index in [0.29, 0.717) is 23.9 Å². The molecule has 0 atom stereocenters. The number of hydrogen-bond donors (Lipinski definition) is 1. The first-order chi connectivity index (χ1) is 8.31. The highest BCUT2D eigenvalue weighted by molar-refractivity contribution is 6.08. The molecule has 17 heavy (non-hydrogen) atoms. The molecule has 0 spiro atoms. The third-order valence-electron chi connectivity index (χ3n) is 2.19. The van der Waals surface area contributed by atoms with Gasteiger partial charge in [-0.2, -0.15) is 0 Å². The van der Waals surface area contributed by atoms with Crippen molar-refractivity contribution < 1.29 is 0 Å². The second-order valence-corrected chi connectivity index (χ2v) is 3.35. The zero-order valence-corrected chi connectivity index (χ0v) is 9.59. The van der Waals surface area contributed by atoms with E-state index in [9.17, 15) is 0 Å². The van der Waals surface area contributed by atoms with Crippen molar-refractivity contribution >= 4 is 17.9 Å². The molecular formula is C12H13N5. The van der Waals surface area contributed by atoms with Gasteiger partial charge in [-0.05, 0) is 12.1 Å². The van der Waals surface area contributed by atoms with Gasteiger partial charge in [-0.3, -0.25) is 9.98 Å². The number of nitrogens with zero attached hydrogens (tertiary/aromatic N) is 4. The van der Waals surface area contributed by atoms with E-state index in [2.05, 4.69) is 31.9 Å². The summed E-state index contributed by atoms with van der Waals surface area (Å²) in [5.41, 5.74) is 1.30. The van der Waals surface area contributed by atoms with Crippen molar-refractivity contribution in [1.29, 1.82) is 0 Å². The molecule has 0 radical (unpaired) electrons. The third kappa shape index (κ3) is 2.63. The predicted molar refractivity (Wildman–Crippen MR) is 69.8 cm³/mol. The van der Waals surface area contributed by atoms with Crippen LogP contribution in [-0.4, -0.2) is 36.5 Å². The molecule has 0 saturated heterocycles. The Bertz CT molecular complexity index is 499. The normalized spacial score (nSPS) is 14.6. The molecule has 0 aromatic carbocycles. The summed E-state index contributed by atoms with van der Waals surface area (Å²) < 4.78 is 0. The highest BCUT2D eigenvalue weighted by atomic mass is 15.1. The van der Waals surface area contributed by atoms with E-state index in [1.165, 1.54) is 0 Å². The van der Waals surface area contributed by atoms with Crippen molar-refractivity contribution in [3.8, 4) is 0 Å². The Morgan fingerprint density at radius 2 is 2.35 bits per heavy atom. The minimum absolute atomic E-state index is 0.536. The van der Waals surface area contributed by atoms with Crippen LogP contribution in [0.1, 0.15) is 5.69 Å². The van der Waals surface area contributed by atoms with Crippen molar-refractivity contribution in [2.75, 3.05) is 13.6 Å². The minimum atomic E-state index is 0.536. The SMILES string of the molecule is C=C(/N=C(\NC)c1ccccn1)C1=NCC=N1. The molecule has 1 aromatic rings. The van der Waals surface area contributed by atoms with Gasteiger partial charge >= 0.3 is 0 Å². The lowest BCUT2D eigenvalue weighted by Crippen LogP contribution is -2.21. The lowest BCUT2D eigenvalue weighted by molar-refractivity contribution is 1.12. The highest BCUT2D eigenvalue weighted by Crippen LogP contribution is 2.05. The van der Waals surface area contributed by atoms with Crippen LogP contribution >= 0.6 is 0 Å². The molecule has 86 valence electrons. The number of pyridine rings is 1. The number of hydrogen-bond acceptors (Lipinski definition) is 4. The molecule has 5 heteroatoms. The van der Waals surface area contributed by atoms with E-state index in [1.807, 2.05) is 18.2 Å². The summed E-state index contributed by atoms with van der Waals surface area (Å²) in [7, 11) is 1.79. The molecule has 1 aromatic heterocycles. The number of amidine groups is 2. The smallest absolute Gasteiger partial charge is 0.173 e. The Labute approximate surface area is 99.7 Å². The Morgan fingerprint density at radius 1 is 1.47 bits per heavy atom. The van der Waals surface area contributed by atoms with E-state index in [4.69, 9.17) is 0 Å². The molecule has 2 rings (SSSR count). The average Bonchev–Trinajstić information content (AvgIpc) is 2.90. The largest absolute Gasteiger partial charge is 0.371 e. The van der Waals surface area contributed by atoms with E-state index in [1.54, 1.807) is 19.5 Å². The van der Waals surface area contributed by atoms with E-state index >= 15 is 0 Å². The summed E-state index contributed by atoms with van der Waals surface area (Å²) in [5.74, 6) is 1.23. The first-order valence-electron chi connectivity index (χ1n) is 5.25. The van der Waals surface area contributed by atoms with Crippen LogP contribution in [0.15, 0.2) is 51.6 Å². The highest BCUT2D eigenvalue weighted by Gasteiger charge is 2.08. The third-order valence-corrected chi connectivity index (χ3v) is 2.19. The number of aliphatic imine (C=N–C) groups is 3. The maximum Gasteiger partial charge on any atom is 0.173 e. The van der Waals surface area contributed by atoms with Gasteiger partial charge in [-0.15, -0.1) is 0 Å². The van der Waals surface area contributed by atoms with Crippen LogP contribution in [0.25, 0.3) is 0 Å². The van der Waals surface area contributed by atoms with E-state index in [-0.39, 0.29) is 0 Å². The van der Waals surface area contributed by atoms with E-state index in [0.717, 1.165) is 5.69 Å². The van der Waals surface area contributed by atoms with Gasteiger partial charge in [0, 0.05) is 19.5 Å². The number of aromatic nitrogens is 1. The molecular weight excluding hydrogens is 214 g/mol. The van der Waals surface area contributed by atoms with Crippen LogP contribution in [0.2, 0.25) is 0 Å². The van der Waals surface area contributed by atoms with Crippen molar-refractivity contribution in [2.24, 2.45) is 15.0 Å². The Morgan fingerprint density at radius 3 is 2.94 bits per heavy atom. The fourth-order valence-electron chi connectivity index (χ4n) is 1.39. The summed E-state index contributed by atoms with van der Waals surface area (Å²) >= 11 is 0. The van der Waals surface area contributed by atoms with Crippen LogP contribution in [-0.2, 0) is 0 Å². The van der Waals surface area contributed by atoms with Gasteiger partial charge in [0.25, 0.3) is 0 Å². The lowest BCUT2D eigenvalue weighted by Gasteiger charge is -2.05. The average molecular weight is 227 g/mol. The molecule has 0 amide bonds. The van der Waals surface area contributed by atoms with Gasteiger partial charge in [-0.25, -0.2) is 9.98 Å². The van der Waals surface area contributed by atoms with Crippen molar-refractivity contribution in [3.05, 3.63) is 42.4 Å². The topological polar surface area (TPSA) is 62.0 Å². The number of rotatable bonds is 3. The summed E-state index contributed by atoms with van der Waals surface area (Å²) in [6, 6.07) is 5.64. The minimum Gasteiger partial charge on any atom is -0.371 e. The standard InChI is InChI=1S/C12H13N5/c1-9(11-15-7-8-16-11)17-12(13-2)10-5-3-4-6-14-10/h3-7H,1,8H2,2H3,(H,13,17). The lowest BCUT2D eigenvalue weighted by atomic mass is 10.3. The Hall–Kier alpha value is -2.30. The van der Waals surface area contributed by atoms with Crippen LogP contribution in [0.3, 0.4) is 0 Å². The molecule has 1 aliphatic rings. The van der Waals surface area contributed by atoms with Gasteiger partial charge in [0.2, 0.25) is 0 Å². The van der Waals surface area contributed by atoms with Crippen LogP contribution in [0, 0.1) is 0 Å². The Balaban J connectivity index is 2.24. The first-order valence-corrected chi connectivity index (χ1v) is 5.25. The summed E-state index contributed by atoms with van der Waals surface area (Å²) in [6.45, 7) is 4.45. The molecule has 1 aliphatic heterocycles. The molecule has 0 aliphatic carbocycles. The first kappa shape index (κ1) is 11.2. The predicted octanol–water partition coefficient (Wildman–Crippen LogP) is 1.04. The molecule has 1 N–H and O–H groups in total. The van der Waals surface area contributed by atoms with Gasteiger partial charge in [0.15, 0.2) is 11.7 Å². The molecule has 2 heterocycles. The summed E-state index contributed by atoms with van der Waals surface area (Å²) in [5, 5.41) is 2.99.